The number of carbonyl (C=O) groups is 1. The molecule has 0 saturated carbocycles. The molecule has 1 amide bonds. The second kappa shape index (κ2) is 4.56. The summed E-state index contributed by atoms with van der Waals surface area (Å²) in [7, 11) is 0. The number of halogens is 1. The number of hydrogen-bond donors (Lipinski definition) is 3. The van der Waals surface area contributed by atoms with Crippen LogP contribution in [0.15, 0.2) is 22.9 Å². The Morgan fingerprint density at radius 3 is 2.94 bits per heavy atom. The van der Waals surface area contributed by atoms with Crippen LogP contribution in [0.2, 0.25) is 5.22 Å². The van der Waals surface area contributed by atoms with Crippen LogP contribution in [0.5, 0.6) is 0 Å². The molecule has 2 heterocycles. The number of H-pyrrole nitrogens is 1. The zero-order chi connectivity index (χ0) is 12.4. The Balaban J connectivity index is 2.22. The molecule has 0 atom stereocenters. The maximum Gasteiger partial charge on any atom is 0.261 e. The summed E-state index contributed by atoms with van der Waals surface area (Å²) in [6, 6.07) is 1.45. The number of amides is 1. The molecule has 0 aliphatic rings. The number of aromatic nitrogens is 2. The quantitative estimate of drug-likeness (QED) is 0.735. The Bertz CT molecular complexity index is 577. The Labute approximate surface area is 106 Å². The van der Waals surface area contributed by atoms with Crippen LogP contribution in [0.4, 0.5) is 5.82 Å². The van der Waals surface area contributed by atoms with Gasteiger partial charge in [0, 0.05) is 0 Å². The van der Waals surface area contributed by atoms with Gasteiger partial charge in [-0.3, -0.25) is 9.89 Å². The van der Waals surface area contributed by atoms with E-state index in [-0.39, 0.29) is 15.8 Å². The van der Waals surface area contributed by atoms with Crippen LogP contribution in [0.1, 0.15) is 15.9 Å². The molecule has 2 rings (SSSR count). The van der Waals surface area contributed by atoms with E-state index in [1.54, 1.807) is 0 Å². The minimum Gasteiger partial charge on any atom is -0.452 e. The van der Waals surface area contributed by atoms with Crippen LogP contribution < -0.4 is 11.1 Å². The summed E-state index contributed by atoms with van der Waals surface area (Å²) in [6.07, 6.45) is 2.74. The number of furan rings is 1. The Kier molecular flexibility index (Phi) is 3.12. The van der Waals surface area contributed by atoms with Crippen molar-refractivity contribution in [1.29, 1.82) is 0 Å². The van der Waals surface area contributed by atoms with Crippen LogP contribution in [0, 0.1) is 0 Å². The van der Waals surface area contributed by atoms with E-state index in [0.717, 1.165) is 0 Å². The first-order valence-corrected chi connectivity index (χ1v) is 5.25. The fourth-order valence-electron chi connectivity index (χ4n) is 1.20. The first-order chi connectivity index (χ1) is 8.09. The predicted octanol–water partition coefficient (Wildman–Crippen LogP) is 1.54. The van der Waals surface area contributed by atoms with Gasteiger partial charge in [-0.05, 0) is 17.7 Å². The molecule has 0 radical (unpaired) electrons. The van der Waals surface area contributed by atoms with E-state index < -0.39 is 5.91 Å². The average Bonchev–Trinajstić information content (AvgIpc) is 2.86. The fraction of sp³-hybridized carbons (Fsp3) is 0. The van der Waals surface area contributed by atoms with Crippen molar-refractivity contribution < 1.29 is 9.21 Å². The van der Waals surface area contributed by atoms with Crippen LogP contribution in [-0.2, 0) is 0 Å². The van der Waals surface area contributed by atoms with Crippen molar-refractivity contribution >= 4 is 40.5 Å². The van der Waals surface area contributed by atoms with Crippen molar-refractivity contribution in [3.8, 4) is 0 Å². The first kappa shape index (κ1) is 11.6. The van der Waals surface area contributed by atoms with Gasteiger partial charge < -0.3 is 15.5 Å². The highest BCUT2D eigenvalue weighted by Gasteiger charge is 2.16. The Morgan fingerprint density at radius 2 is 2.35 bits per heavy atom. The van der Waals surface area contributed by atoms with Crippen molar-refractivity contribution in [3.63, 3.8) is 0 Å². The summed E-state index contributed by atoms with van der Waals surface area (Å²) in [5.74, 6) is -0.120. The number of nitrogens with zero attached hydrogens (tertiary/aromatic N) is 1. The van der Waals surface area contributed by atoms with Gasteiger partial charge in [0.15, 0.2) is 0 Å². The smallest absolute Gasteiger partial charge is 0.261 e. The minimum absolute atomic E-state index is 0.0129. The maximum atomic E-state index is 11.8. The molecule has 2 aromatic heterocycles. The Hall–Kier alpha value is -1.86. The van der Waals surface area contributed by atoms with Gasteiger partial charge in [-0.2, -0.15) is 5.10 Å². The highest BCUT2D eigenvalue weighted by Crippen LogP contribution is 2.19. The van der Waals surface area contributed by atoms with Gasteiger partial charge in [-0.15, -0.1) is 0 Å². The van der Waals surface area contributed by atoms with Gasteiger partial charge in [0.1, 0.15) is 10.8 Å². The first-order valence-electron chi connectivity index (χ1n) is 4.47. The lowest BCUT2D eigenvalue weighted by molar-refractivity contribution is 0.102. The molecule has 0 aliphatic heterocycles. The summed E-state index contributed by atoms with van der Waals surface area (Å²) >= 11 is 10.5. The number of carbonyl (C=O) groups excluding carboxylic acids is 1. The van der Waals surface area contributed by atoms with Crippen LogP contribution in [0.25, 0.3) is 0 Å². The van der Waals surface area contributed by atoms with Crippen molar-refractivity contribution in [3.05, 3.63) is 34.9 Å². The molecule has 0 aromatic carbocycles. The van der Waals surface area contributed by atoms with Gasteiger partial charge in [0.25, 0.3) is 5.91 Å². The Morgan fingerprint density at radius 1 is 1.59 bits per heavy atom. The van der Waals surface area contributed by atoms with Gasteiger partial charge in [0.05, 0.1) is 23.6 Å². The predicted molar refractivity (Wildman–Crippen MR) is 66.1 cm³/mol. The van der Waals surface area contributed by atoms with Crippen LogP contribution >= 0.6 is 23.8 Å². The topological polar surface area (TPSA) is 96.9 Å². The minimum atomic E-state index is -0.439. The number of nitrogens with one attached hydrogen (secondary N) is 2. The lowest BCUT2D eigenvalue weighted by Gasteiger charge is -2.03. The highest BCUT2D eigenvalue weighted by molar-refractivity contribution is 7.80. The molecule has 0 saturated heterocycles. The average molecular weight is 271 g/mol. The number of rotatable bonds is 3. The molecule has 8 heteroatoms. The number of aromatic amines is 1. The van der Waals surface area contributed by atoms with E-state index in [0.29, 0.717) is 11.4 Å². The molecular formula is C9H7ClN4O2S. The summed E-state index contributed by atoms with van der Waals surface area (Å²) < 4.78 is 4.81. The van der Waals surface area contributed by atoms with E-state index in [9.17, 15) is 4.79 Å². The lowest BCUT2D eigenvalue weighted by atomic mass is 10.3. The zero-order valence-electron chi connectivity index (χ0n) is 8.36. The number of nitrogens with two attached hydrogens (primary N) is 1. The summed E-state index contributed by atoms with van der Waals surface area (Å²) in [4.78, 5) is 11.9. The van der Waals surface area contributed by atoms with Gasteiger partial charge in [-0.1, -0.05) is 12.2 Å². The molecule has 0 aliphatic carbocycles. The molecule has 0 bridgehead atoms. The van der Waals surface area contributed by atoms with Gasteiger partial charge in [-0.25, -0.2) is 0 Å². The molecule has 88 valence electrons. The second-order valence-electron chi connectivity index (χ2n) is 3.09. The van der Waals surface area contributed by atoms with Gasteiger partial charge in [0.2, 0.25) is 5.22 Å². The largest absolute Gasteiger partial charge is 0.452 e. The third-order valence-electron chi connectivity index (χ3n) is 2.01. The van der Waals surface area contributed by atoms with Crippen molar-refractivity contribution in [2.24, 2.45) is 5.73 Å². The lowest BCUT2D eigenvalue weighted by Crippen LogP contribution is -2.16. The third kappa shape index (κ3) is 2.29. The standard InChI is InChI=1S/C9H7ClN4O2S/c10-6-4(1-2-16-6)9(15)13-8-5(7(11)17)3-12-14-8/h1-3H,(H2,11,17)(H2,12,13,14,15). The van der Waals surface area contributed by atoms with E-state index in [1.165, 1.54) is 18.5 Å². The number of thiocarbonyl (C=S) groups is 1. The monoisotopic (exact) mass is 270 g/mol. The van der Waals surface area contributed by atoms with Gasteiger partial charge >= 0.3 is 0 Å². The molecule has 4 N–H and O–H groups in total. The summed E-state index contributed by atoms with van der Waals surface area (Å²) in [6.45, 7) is 0. The zero-order valence-corrected chi connectivity index (χ0v) is 9.93. The normalized spacial score (nSPS) is 10.2. The molecular weight excluding hydrogens is 264 g/mol. The van der Waals surface area contributed by atoms with E-state index in [2.05, 4.69) is 15.5 Å². The molecule has 6 nitrogen and oxygen atoms in total. The highest BCUT2D eigenvalue weighted by atomic mass is 35.5. The third-order valence-corrected chi connectivity index (χ3v) is 2.52. The SMILES string of the molecule is NC(=S)c1cn[nH]c1NC(=O)c1ccoc1Cl. The summed E-state index contributed by atoms with van der Waals surface area (Å²) in [5.41, 5.74) is 6.13. The van der Waals surface area contributed by atoms with E-state index >= 15 is 0 Å². The van der Waals surface area contributed by atoms with E-state index in [1.807, 2.05) is 0 Å². The fourth-order valence-corrected chi connectivity index (χ4v) is 1.56. The van der Waals surface area contributed by atoms with Crippen molar-refractivity contribution in [2.45, 2.75) is 0 Å². The maximum absolute atomic E-state index is 11.8. The molecule has 2 aromatic rings. The van der Waals surface area contributed by atoms with Crippen molar-refractivity contribution in [1.82, 2.24) is 10.2 Å². The number of hydrogen-bond acceptors (Lipinski definition) is 4. The second-order valence-corrected chi connectivity index (χ2v) is 3.87. The molecule has 17 heavy (non-hydrogen) atoms. The van der Waals surface area contributed by atoms with Crippen LogP contribution in [-0.4, -0.2) is 21.1 Å². The van der Waals surface area contributed by atoms with E-state index in [4.69, 9.17) is 34.0 Å². The number of anilines is 1. The molecule has 0 fully saturated rings. The molecule has 0 spiro atoms. The molecule has 0 unspecified atom stereocenters. The van der Waals surface area contributed by atoms with Crippen LogP contribution in [0.3, 0.4) is 0 Å². The van der Waals surface area contributed by atoms with Crippen molar-refractivity contribution in [2.75, 3.05) is 5.32 Å². The summed E-state index contributed by atoms with van der Waals surface area (Å²) in [5, 5.41) is 8.87.